The Hall–Kier alpha value is -4.66. The second-order valence-corrected chi connectivity index (χ2v) is 18.2. The molecule has 2 fully saturated rings. The average Bonchev–Trinajstić information content (AvgIpc) is 4.04. The number of nitrogens with one attached hydrogen (secondary N) is 8. The maximum absolute atomic E-state index is 14.1. The molecule has 0 aromatic rings. The number of carbonyl (C=O) groups excluding carboxylic acids is 8. The van der Waals surface area contributed by atoms with Gasteiger partial charge in [0.25, 0.3) is 0 Å². The highest BCUT2D eigenvalue weighted by Crippen LogP contribution is 2.20. The monoisotopic (exact) mass is 987 g/mol. The maximum Gasteiger partial charge on any atom is 0.328 e. The number of unbranched alkanes of at least 4 members (excludes halogenated alkanes) is 3. The van der Waals surface area contributed by atoms with Crippen LogP contribution in [0.15, 0.2) is 0 Å². The number of amides is 8. The maximum atomic E-state index is 14.1. The molecule has 17 N–H and O–H groups in total. The van der Waals surface area contributed by atoms with Gasteiger partial charge in [0, 0.05) is 6.54 Å². The second kappa shape index (κ2) is 32.2. The van der Waals surface area contributed by atoms with Crippen LogP contribution in [0.25, 0.3) is 0 Å². The van der Waals surface area contributed by atoms with Gasteiger partial charge in [0.2, 0.25) is 47.3 Å². The van der Waals surface area contributed by atoms with Crippen LogP contribution in [0.5, 0.6) is 0 Å². The Labute approximate surface area is 402 Å². The Morgan fingerprint density at radius 2 is 1.12 bits per heavy atom. The van der Waals surface area contributed by atoms with Crippen LogP contribution in [-0.2, 0) is 43.2 Å². The summed E-state index contributed by atoms with van der Waals surface area (Å²) in [4.78, 5) is 122. The second-order valence-electron chi connectivity index (χ2n) is 17.3. The number of carboxylic acids is 1. The van der Waals surface area contributed by atoms with Gasteiger partial charge in [-0.2, -0.15) is 11.8 Å². The van der Waals surface area contributed by atoms with Gasteiger partial charge in [-0.15, -0.1) is 0 Å². The number of hydrogen-bond acceptors (Lipinski definition) is 16. The lowest BCUT2D eigenvalue weighted by Gasteiger charge is -2.30. The zero-order valence-corrected chi connectivity index (χ0v) is 40.5. The molecule has 0 radical (unpaired) electrons. The summed E-state index contributed by atoms with van der Waals surface area (Å²) in [5.74, 6) is -6.66. The predicted octanol–water partition coefficient (Wildman–Crippen LogP) is -4.26. The number of thioether (sulfide) groups is 1. The molecule has 2 rings (SSSR count). The van der Waals surface area contributed by atoms with E-state index in [0.717, 1.165) is 6.42 Å². The van der Waals surface area contributed by atoms with Crippen molar-refractivity contribution in [2.24, 2.45) is 17.2 Å². The molecular weight excluding hydrogens is 909 g/mol. The van der Waals surface area contributed by atoms with Crippen molar-refractivity contribution in [3.63, 3.8) is 0 Å². The van der Waals surface area contributed by atoms with Crippen LogP contribution in [0.3, 0.4) is 0 Å². The fourth-order valence-electron chi connectivity index (χ4n) is 7.82. The van der Waals surface area contributed by atoms with E-state index in [2.05, 4.69) is 37.2 Å². The molecule has 0 bridgehead atoms. The Morgan fingerprint density at radius 3 is 1.56 bits per heavy atom. The van der Waals surface area contributed by atoms with E-state index in [4.69, 9.17) is 17.2 Å². The number of aliphatic hydroxyl groups excluding tert-OH is 2. The number of nitrogens with zero attached hydrogens (tertiary/aromatic N) is 1. The highest BCUT2D eigenvalue weighted by Gasteiger charge is 2.39. The first kappa shape index (κ1) is 59.5. The zero-order chi connectivity index (χ0) is 50.8. The van der Waals surface area contributed by atoms with Crippen LogP contribution >= 0.6 is 11.8 Å². The summed E-state index contributed by atoms with van der Waals surface area (Å²) in [6.07, 6.45) is 5.63. The average molecular weight is 987 g/mol. The van der Waals surface area contributed by atoms with E-state index in [9.17, 15) is 58.5 Å². The molecule has 24 nitrogen and oxygen atoms in total. The fourth-order valence-corrected chi connectivity index (χ4v) is 8.29. The minimum absolute atomic E-state index is 0.0239. The van der Waals surface area contributed by atoms with Gasteiger partial charge in [-0.1, -0.05) is 0 Å². The molecule has 0 spiro atoms. The Bertz CT molecular complexity index is 1660. The van der Waals surface area contributed by atoms with E-state index in [0.29, 0.717) is 83.2 Å². The smallest absolute Gasteiger partial charge is 0.328 e. The molecule has 2 aliphatic heterocycles. The fraction of sp³-hybridized carbons (Fsp3) is 0.791. The van der Waals surface area contributed by atoms with E-state index < -0.39 is 114 Å². The molecule has 8 amide bonds. The SMILES string of the molecule is CSCC[C@H](NC(=O)[C@H](CCCCN)NC(=O)[C@H](CCCCN)NC(=O)[C@@H]1CCCN1C(=O)[C@H](C)NC(=O)[C@@H]1CCCN1)C(=O)N[C@@H](CCCCN)C(=O)N[C@H](C(=O)N[C@@H](CO)C(=O)O)[C@@H](C)O. The van der Waals surface area contributed by atoms with E-state index in [1.165, 1.54) is 23.6 Å². The van der Waals surface area contributed by atoms with Gasteiger partial charge in [-0.25, -0.2) is 4.79 Å². The van der Waals surface area contributed by atoms with Crippen LogP contribution in [0, 0.1) is 0 Å². The lowest BCUT2D eigenvalue weighted by atomic mass is 10.0. The number of nitrogens with two attached hydrogens (primary N) is 3. The number of carboxylic acid groups (broad SMARTS) is 1. The first-order valence-corrected chi connectivity index (χ1v) is 25.1. The predicted molar refractivity (Wildman–Crippen MR) is 253 cm³/mol. The van der Waals surface area contributed by atoms with E-state index in [1.54, 1.807) is 13.2 Å². The van der Waals surface area contributed by atoms with Crippen LogP contribution in [0.2, 0.25) is 0 Å². The van der Waals surface area contributed by atoms with E-state index >= 15 is 0 Å². The van der Waals surface area contributed by atoms with Gasteiger partial charge < -0.3 is 80.0 Å². The van der Waals surface area contributed by atoms with Gasteiger partial charge in [0.1, 0.15) is 48.3 Å². The molecule has 2 heterocycles. The van der Waals surface area contributed by atoms with Crippen molar-refractivity contribution in [3.8, 4) is 0 Å². The standard InChI is InChI=1S/C43H78N12O12S/c1-25(48-35(58)27-15-10-21-47-27)42(65)55-22-11-16-33(55)40(63)52-29(13-5-8-19-45)37(60)49-28(12-4-7-18-44)36(59)51-31(17-23-68-3)38(61)50-30(14-6-9-20-46)39(62)54-34(26(2)57)41(64)53-32(24-56)43(66)67/h25-34,47,56-57H,4-24,44-46H2,1-3H3,(H,48,58)(H,49,60)(H,50,61)(H,51,59)(H,52,63)(H,53,64)(H,54,62)(H,66,67)/t25-,26+,27-,28-,29-,30-,31-,32-,33-,34-/m0/s1. The van der Waals surface area contributed by atoms with Crippen molar-refractivity contribution in [2.45, 2.75) is 164 Å². The Morgan fingerprint density at radius 1 is 0.632 bits per heavy atom. The molecule has 10 atom stereocenters. The molecule has 0 unspecified atom stereocenters. The Balaban J connectivity index is 2.31. The molecule has 0 aromatic heterocycles. The molecule has 0 saturated carbocycles. The van der Waals surface area contributed by atoms with Crippen molar-refractivity contribution < 1.29 is 58.5 Å². The topological polar surface area (TPSA) is 392 Å². The summed E-state index contributed by atoms with van der Waals surface area (Å²) in [6.45, 7) is 3.64. The molecule has 0 aromatic carbocycles. The third-order valence-electron chi connectivity index (χ3n) is 11.8. The van der Waals surface area contributed by atoms with Gasteiger partial charge in [-0.05, 0) is 142 Å². The minimum atomic E-state index is -1.72. The molecule has 0 aliphatic carbocycles. The summed E-state index contributed by atoms with van der Waals surface area (Å²) in [5.41, 5.74) is 17.2. The van der Waals surface area contributed by atoms with Gasteiger partial charge in [0.15, 0.2) is 0 Å². The summed E-state index contributed by atoms with van der Waals surface area (Å²) in [6, 6.07) is -10.5. The number of aliphatic carboxylic acids is 1. The minimum Gasteiger partial charge on any atom is -0.480 e. The number of hydrogen-bond donors (Lipinski definition) is 14. The lowest BCUT2D eigenvalue weighted by Crippen LogP contribution is -2.61. The Kier molecular flexibility index (Phi) is 28.2. The number of carbonyl (C=O) groups is 9. The zero-order valence-electron chi connectivity index (χ0n) is 39.7. The first-order valence-electron chi connectivity index (χ1n) is 23.7. The van der Waals surface area contributed by atoms with Gasteiger partial charge in [0.05, 0.1) is 18.8 Å². The normalized spacial score (nSPS) is 19.2. The van der Waals surface area contributed by atoms with Crippen LogP contribution in [0.4, 0.5) is 0 Å². The molecule has 2 saturated heterocycles. The summed E-state index contributed by atoms with van der Waals surface area (Å²) >= 11 is 1.38. The number of aliphatic hydroxyl groups is 2. The highest BCUT2D eigenvalue weighted by molar-refractivity contribution is 7.98. The number of rotatable bonds is 33. The largest absolute Gasteiger partial charge is 0.480 e. The molecule has 68 heavy (non-hydrogen) atoms. The summed E-state index contributed by atoms with van der Waals surface area (Å²) in [7, 11) is 0. The molecule has 25 heteroatoms. The lowest BCUT2D eigenvalue weighted by molar-refractivity contribution is -0.144. The van der Waals surface area contributed by atoms with E-state index in [-0.39, 0.29) is 44.7 Å². The molecule has 2 aliphatic rings. The van der Waals surface area contributed by atoms with Crippen LogP contribution in [0.1, 0.15) is 104 Å². The number of likely N-dealkylation sites (tertiary alicyclic amines) is 1. The summed E-state index contributed by atoms with van der Waals surface area (Å²) in [5, 5.41) is 50.2. The quantitative estimate of drug-likeness (QED) is 0.0277. The van der Waals surface area contributed by atoms with E-state index in [1.807, 2.05) is 5.32 Å². The van der Waals surface area contributed by atoms with Crippen LogP contribution in [-0.4, -0.2) is 185 Å². The molecule has 388 valence electrons. The van der Waals surface area contributed by atoms with Crippen molar-refractivity contribution in [2.75, 3.05) is 51.3 Å². The van der Waals surface area contributed by atoms with Crippen molar-refractivity contribution >= 4 is 65.0 Å². The van der Waals surface area contributed by atoms with Crippen molar-refractivity contribution in [1.29, 1.82) is 0 Å². The third-order valence-corrected chi connectivity index (χ3v) is 12.4. The van der Waals surface area contributed by atoms with Crippen molar-refractivity contribution in [1.82, 2.24) is 47.4 Å². The third kappa shape index (κ3) is 20.1. The van der Waals surface area contributed by atoms with Crippen LogP contribution < -0.4 is 59.7 Å². The van der Waals surface area contributed by atoms with Gasteiger partial charge >= 0.3 is 5.97 Å². The van der Waals surface area contributed by atoms with Crippen molar-refractivity contribution in [3.05, 3.63) is 0 Å². The molecular formula is C43H78N12O12S. The summed E-state index contributed by atoms with van der Waals surface area (Å²) < 4.78 is 0. The van der Waals surface area contributed by atoms with Gasteiger partial charge in [-0.3, -0.25) is 38.4 Å². The first-order chi connectivity index (χ1) is 32.4. The highest BCUT2D eigenvalue weighted by atomic mass is 32.2.